The molecule has 4 heteroatoms. The minimum atomic E-state index is -0.649. The highest BCUT2D eigenvalue weighted by molar-refractivity contribution is 5.73. The molecule has 0 aromatic heterocycles. The molecule has 0 heterocycles. The summed E-state index contributed by atoms with van der Waals surface area (Å²) in [6.07, 6.45) is 2.28. The first-order valence-corrected chi connectivity index (χ1v) is 3.90. The van der Waals surface area contributed by atoms with E-state index in [0.29, 0.717) is 6.42 Å². The Kier molecular flexibility index (Phi) is 3.50. The Bertz CT molecular complexity index is 295. The fourth-order valence-electron chi connectivity index (χ4n) is 0.874. The fraction of sp³-hybridized carbons (Fsp3) is 0.111. The molecule has 0 saturated heterocycles. The SMILES string of the molecule is NC(=O)N/N=C/Cc1ccccc1. The number of primary amides is 1. The van der Waals surface area contributed by atoms with Gasteiger partial charge in [-0.05, 0) is 5.56 Å². The number of nitrogens with zero attached hydrogens (tertiary/aromatic N) is 1. The molecular weight excluding hydrogens is 166 g/mol. The number of urea groups is 1. The molecule has 0 saturated carbocycles. The van der Waals surface area contributed by atoms with Crippen molar-refractivity contribution in [1.29, 1.82) is 0 Å². The summed E-state index contributed by atoms with van der Waals surface area (Å²) in [7, 11) is 0. The molecule has 0 aliphatic carbocycles. The molecule has 0 radical (unpaired) electrons. The lowest BCUT2D eigenvalue weighted by molar-refractivity contribution is 0.249. The summed E-state index contributed by atoms with van der Waals surface area (Å²) < 4.78 is 0. The zero-order valence-electron chi connectivity index (χ0n) is 7.10. The molecule has 0 fully saturated rings. The standard InChI is InChI=1S/C9H11N3O/c10-9(13)12-11-7-6-8-4-2-1-3-5-8/h1-5,7H,6H2,(H3,10,12,13)/b11-7+. The Labute approximate surface area is 76.4 Å². The van der Waals surface area contributed by atoms with Gasteiger partial charge in [0.1, 0.15) is 0 Å². The summed E-state index contributed by atoms with van der Waals surface area (Å²) in [5.41, 5.74) is 8.07. The van der Waals surface area contributed by atoms with Gasteiger partial charge in [0.05, 0.1) is 0 Å². The van der Waals surface area contributed by atoms with Gasteiger partial charge >= 0.3 is 6.03 Å². The molecule has 3 N–H and O–H groups in total. The maximum Gasteiger partial charge on any atom is 0.332 e. The maximum absolute atomic E-state index is 10.2. The van der Waals surface area contributed by atoms with Gasteiger partial charge < -0.3 is 5.73 Å². The van der Waals surface area contributed by atoms with Crippen LogP contribution in [0.15, 0.2) is 35.4 Å². The zero-order chi connectivity index (χ0) is 9.52. The quantitative estimate of drug-likeness (QED) is 0.522. The van der Waals surface area contributed by atoms with Gasteiger partial charge in [-0.3, -0.25) is 0 Å². The van der Waals surface area contributed by atoms with E-state index in [9.17, 15) is 4.79 Å². The summed E-state index contributed by atoms with van der Waals surface area (Å²) in [5, 5.41) is 3.62. The molecule has 1 rings (SSSR count). The predicted octanol–water partition coefficient (Wildman–Crippen LogP) is 0.883. The molecule has 0 atom stereocenters. The van der Waals surface area contributed by atoms with Gasteiger partial charge in [0, 0.05) is 12.6 Å². The van der Waals surface area contributed by atoms with Crippen molar-refractivity contribution < 1.29 is 4.79 Å². The highest BCUT2D eigenvalue weighted by atomic mass is 16.2. The van der Waals surface area contributed by atoms with Crippen molar-refractivity contribution in [3.63, 3.8) is 0 Å². The highest BCUT2D eigenvalue weighted by Gasteiger charge is 1.87. The minimum absolute atomic E-state index is 0.649. The summed E-state index contributed by atoms with van der Waals surface area (Å²) >= 11 is 0. The lowest BCUT2D eigenvalue weighted by Crippen LogP contribution is -2.24. The van der Waals surface area contributed by atoms with Crippen LogP contribution in [0.5, 0.6) is 0 Å². The molecule has 1 aromatic rings. The van der Waals surface area contributed by atoms with E-state index in [0.717, 1.165) is 5.56 Å². The van der Waals surface area contributed by atoms with Crippen molar-refractivity contribution >= 4 is 12.2 Å². The van der Waals surface area contributed by atoms with Crippen LogP contribution in [0.1, 0.15) is 5.56 Å². The molecule has 68 valence electrons. The van der Waals surface area contributed by atoms with Crippen molar-refractivity contribution in [3.8, 4) is 0 Å². The highest BCUT2D eigenvalue weighted by Crippen LogP contribution is 1.96. The Balaban J connectivity index is 2.35. The van der Waals surface area contributed by atoms with Crippen LogP contribution < -0.4 is 11.2 Å². The maximum atomic E-state index is 10.2. The van der Waals surface area contributed by atoms with Gasteiger partial charge in [0.2, 0.25) is 0 Å². The molecule has 0 unspecified atom stereocenters. The fourth-order valence-corrected chi connectivity index (χ4v) is 0.874. The van der Waals surface area contributed by atoms with Crippen molar-refractivity contribution in [2.75, 3.05) is 0 Å². The molecule has 0 bridgehead atoms. The van der Waals surface area contributed by atoms with Gasteiger partial charge in [0.25, 0.3) is 0 Å². The zero-order valence-corrected chi connectivity index (χ0v) is 7.10. The summed E-state index contributed by atoms with van der Waals surface area (Å²) in [5.74, 6) is 0. The molecule has 4 nitrogen and oxygen atoms in total. The van der Waals surface area contributed by atoms with E-state index in [1.807, 2.05) is 30.3 Å². The third kappa shape index (κ3) is 3.91. The number of amides is 2. The molecule has 0 spiro atoms. The van der Waals surface area contributed by atoms with Crippen molar-refractivity contribution in [2.24, 2.45) is 10.8 Å². The van der Waals surface area contributed by atoms with Crippen LogP contribution in [0.3, 0.4) is 0 Å². The van der Waals surface area contributed by atoms with Crippen LogP contribution >= 0.6 is 0 Å². The van der Waals surface area contributed by atoms with E-state index in [-0.39, 0.29) is 0 Å². The van der Waals surface area contributed by atoms with Crippen LogP contribution in [-0.2, 0) is 6.42 Å². The Morgan fingerprint density at radius 1 is 1.46 bits per heavy atom. The van der Waals surface area contributed by atoms with E-state index in [1.54, 1.807) is 6.21 Å². The van der Waals surface area contributed by atoms with E-state index in [4.69, 9.17) is 5.73 Å². The second-order valence-corrected chi connectivity index (χ2v) is 2.48. The summed E-state index contributed by atoms with van der Waals surface area (Å²) in [4.78, 5) is 10.2. The van der Waals surface area contributed by atoms with Crippen LogP contribution in [-0.4, -0.2) is 12.2 Å². The van der Waals surface area contributed by atoms with Crippen LogP contribution in [0, 0.1) is 0 Å². The van der Waals surface area contributed by atoms with E-state index < -0.39 is 6.03 Å². The number of benzene rings is 1. The average molecular weight is 177 g/mol. The number of nitrogens with two attached hydrogens (primary N) is 1. The number of carbonyl (C=O) groups excluding carboxylic acids is 1. The van der Waals surface area contributed by atoms with E-state index >= 15 is 0 Å². The van der Waals surface area contributed by atoms with E-state index in [1.165, 1.54) is 0 Å². The van der Waals surface area contributed by atoms with Crippen molar-refractivity contribution in [1.82, 2.24) is 5.43 Å². The summed E-state index contributed by atoms with van der Waals surface area (Å²) in [6.45, 7) is 0. The average Bonchev–Trinajstić information content (AvgIpc) is 2.14. The number of nitrogens with one attached hydrogen (secondary N) is 1. The monoisotopic (exact) mass is 177 g/mol. The first-order valence-electron chi connectivity index (χ1n) is 3.90. The molecule has 0 aliphatic heterocycles. The second kappa shape index (κ2) is 4.92. The Hall–Kier alpha value is -1.84. The largest absolute Gasteiger partial charge is 0.350 e. The lowest BCUT2D eigenvalue weighted by Gasteiger charge is -1.93. The molecule has 1 aromatic carbocycles. The van der Waals surface area contributed by atoms with Crippen LogP contribution in [0.4, 0.5) is 4.79 Å². The van der Waals surface area contributed by atoms with Crippen LogP contribution in [0.25, 0.3) is 0 Å². The van der Waals surface area contributed by atoms with Crippen LogP contribution in [0.2, 0.25) is 0 Å². The van der Waals surface area contributed by atoms with Gasteiger partial charge in [-0.2, -0.15) is 5.10 Å². The Morgan fingerprint density at radius 3 is 2.77 bits per heavy atom. The van der Waals surface area contributed by atoms with Crippen molar-refractivity contribution in [3.05, 3.63) is 35.9 Å². The third-order valence-corrected chi connectivity index (χ3v) is 1.44. The number of carbonyl (C=O) groups is 1. The second-order valence-electron chi connectivity index (χ2n) is 2.48. The summed E-state index contributed by atoms with van der Waals surface area (Å²) in [6, 6.07) is 9.16. The van der Waals surface area contributed by atoms with E-state index in [2.05, 4.69) is 10.5 Å². The van der Waals surface area contributed by atoms with Gasteiger partial charge in [0.15, 0.2) is 0 Å². The van der Waals surface area contributed by atoms with Gasteiger partial charge in [-0.25, -0.2) is 10.2 Å². The minimum Gasteiger partial charge on any atom is -0.350 e. The first kappa shape index (κ1) is 9.25. The number of hydrogen-bond acceptors (Lipinski definition) is 2. The van der Waals surface area contributed by atoms with Gasteiger partial charge in [-0.15, -0.1) is 0 Å². The molecule has 0 aliphatic rings. The van der Waals surface area contributed by atoms with Crippen molar-refractivity contribution in [2.45, 2.75) is 6.42 Å². The molecule has 2 amide bonds. The third-order valence-electron chi connectivity index (χ3n) is 1.44. The number of rotatable bonds is 3. The smallest absolute Gasteiger partial charge is 0.332 e. The number of hydrogen-bond donors (Lipinski definition) is 2. The number of hydrazone groups is 1. The lowest BCUT2D eigenvalue weighted by atomic mass is 10.2. The first-order chi connectivity index (χ1) is 6.29. The Morgan fingerprint density at radius 2 is 2.15 bits per heavy atom. The predicted molar refractivity (Wildman–Crippen MR) is 51.4 cm³/mol. The topological polar surface area (TPSA) is 67.5 Å². The molecular formula is C9H11N3O. The van der Waals surface area contributed by atoms with Gasteiger partial charge in [-0.1, -0.05) is 30.3 Å². The normalized spacial score (nSPS) is 10.2. The molecule has 13 heavy (non-hydrogen) atoms.